The van der Waals surface area contributed by atoms with E-state index in [-0.39, 0.29) is 54.5 Å². The van der Waals surface area contributed by atoms with Gasteiger partial charge in [0.15, 0.2) is 5.96 Å². The molecule has 2 fully saturated rings. The molecule has 8 bridgehead atoms. The predicted molar refractivity (Wildman–Crippen MR) is 226 cm³/mol. The average molecular weight is 824 g/mol. The molecular weight excluding hydrogens is 767 g/mol. The summed E-state index contributed by atoms with van der Waals surface area (Å²) in [5.74, 6) is 5.45. The Labute approximate surface area is 347 Å². The van der Waals surface area contributed by atoms with Crippen LogP contribution < -0.4 is 16.2 Å². The molecule has 11 nitrogen and oxygen atoms in total. The summed E-state index contributed by atoms with van der Waals surface area (Å²) in [6.45, 7) is 1.96. The Kier molecular flexibility index (Phi) is 11.6. The number of phenolic OH excluding ortho intramolecular Hbond substituents is 1. The Balaban J connectivity index is 1.32. The monoisotopic (exact) mass is 823 g/mol. The molecule has 59 heavy (non-hydrogen) atoms. The van der Waals surface area contributed by atoms with Gasteiger partial charge in [0.1, 0.15) is 17.6 Å². The Bertz CT molecular complexity index is 2240. The van der Waals surface area contributed by atoms with Crippen LogP contribution in [-0.2, 0) is 20.6 Å². The highest BCUT2D eigenvalue weighted by Gasteiger charge is 2.48. The van der Waals surface area contributed by atoms with Crippen LogP contribution in [0, 0.1) is 29.6 Å². The molecule has 6 aliphatic heterocycles. The van der Waals surface area contributed by atoms with Gasteiger partial charge in [-0.05, 0) is 116 Å². The lowest BCUT2D eigenvalue weighted by Gasteiger charge is -2.41. The van der Waals surface area contributed by atoms with Crippen molar-refractivity contribution in [2.24, 2.45) is 34.2 Å². The van der Waals surface area contributed by atoms with E-state index < -0.39 is 38.7 Å². The van der Waals surface area contributed by atoms with E-state index in [1.807, 2.05) is 67.6 Å². The molecule has 9 atom stereocenters. The lowest BCUT2D eigenvalue weighted by Crippen LogP contribution is -2.39. The summed E-state index contributed by atoms with van der Waals surface area (Å²) in [5, 5.41) is 31.3. The Hall–Kier alpha value is -4.38. The highest BCUT2D eigenvalue weighted by molar-refractivity contribution is 7.86. The largest absolute Gasteiger partial charge is 0.508 e. The van der Waals surface area contributed by atoms with Gasteiger partial charge in [-0.25, -0.2) is 4.99 Å². The number of rotatable bonds is 7. The minimum absolute atomic E-state index is 0.0614. The number of aromatic hydroxyl groups is 1. The first kappa shape index (κ1) is 41.4. The Morgan fingerprint density at radius 3 is 2.37 bits per heavy atom. The maximum absolute atomic E-state index is 13.9. The van der Waals surface area contributed by atoms with Crippen molar-refractivity contribution in [3.05, 3.63) is 106 Å². The van der Waals surface area contributed by atoms with Gasteiger partial charge in [-0.3, -0.25) is 4.55 Å². The normalized spacial score (nSPS) is 31.1. The number of guanidine groups is 1. The van der Waals surface area contributed by atoms with Gasteiger partial charge in [0.05, 0.1) is 17.0 Å². The van der Waals surface area contributed by atoms with E-state index in [0.717, 1.165) is 35.1 Å². The number of nitrogens with two attached hydrogens (primary N) is 2. The quantitative estimate of drug-likeness (QED) is 0.0472. The molecule has 6 heterocycles. The number of aliphatic hydroxyl groups excluding tert-OH is 1. The Morgan fingerprint density at radius 2 is 1.69 bits per heavy atom. The number of hydrogen-bond donors (Lipinski definition) is 6. The number of benzene rings is 3. The van der Waals surface area contributed by atoms with Gasteiger partial charge in [0, 0.05) is 42.1 Å². The van der Waals surface area contributed by atoms with E-state index in [1.165, 1.54) is 0 Å². The molecule has 0 aromatic heterocycles. The highest BCUT2D eigenvalue weighted by Crippen LogP contribution is 2.54. The van der Waals surface area contributed by atoms with Crippen molar-refractivity contribution >= 4 is 16.1 Å². The van der Waals surface area contributed by atoms with Gasteiger partial charge < -0.3 is 36.3 Å². The molecule has 9 unspecified atom stereocenters. The fraction of sp³-hybridized carbons (Fsp3) is 0.511. The van der Waals surface area contributed by atoms with Crippen LogP contribution in [0.2, 0.25) is 0 Å². The van der Waals surface area contributed by atoms with Crippen LogP contribution in [0.15, 0.2) is 83.4 Å². The van der Waals surface area contributed by atoms with E-state index >= 15 is 0 Å². The number of aliphatic imine (C=N–C) groups is 1. The standard InChI is InChI=1S/C47H57N3O8S/c1-2-30-27-42(59(54,55)56)41-26-35-23-34(25-39-22-29(28-51)6-5-7-33-24-37(52)14-17-40(33)44(35)57-39)43(41)32-8-12-36(13-9-32)47(50-45(48)49,21-20-46(53)18-3-4-19-46)58-38-15-10-31(30)11-16-38/h8-17,24,26,29-30,34,39,41-44,51-53H,2-4,6,18-23,25,27-28H2,1H3,(H4,48,49,50)(H,54,55,56). The molecular formula is C47H57N3O8S. The third-order valence-corrected chi connectivity index (χ3v) is 15.1. The third kappa shape index (κ3) is 8.64. The van der Waals surface area contributed by atoms with Crippen molar-refractivity contribution in [1.29, 1.82) is 0 Å². The number of nitrogens with zero attached hydrogens (tertiary/aromatic N) is 1. The molecule has 1 saturated carbocycles. The molecule has 11 rings (SSSR count). The number of ether oxygens (including phenoxy) is 2. The number of phenols is 1. The summed E-state index contributed by atoms with van der Waals surface area (Å²) < 4.78 is 53.0. The topological polar surface area (TPSA) is 198 Å². The first-order chi connectivity index (χ1) is 28.3. The average Bonchev–Trinajstić information content (AvgIpc) is 3.59. The minimum atomic E-state index is -4.61. The van der Waals surface area contributed by atoms with Crippen LogP contribution in [0.25, 0.3) is 0 Å². The van der Waals surface area contributed by atoms with E-state index in [9.17, 15) is 28.3 Å². The molecule has 3 aromatic rings. The summed E-state index contributed by atoms with van der Waals surface area (Å²) >= 11 is 0. The number of aliphatic hydroxyl groups is 2. The molecule has 1 saturated heterocycles. The smallest absolute Gasteiger partial charge is 0.268 e. The number of hydrogen-bond acceptors (Lipinski definition) is 8. The van der Waals surface area contributed by atoms with Crippen LogP contribution in [0.5, 0.6) is 11.5 Å². The summed E-state index contributed by atoms with van der Waals surface area (Å²) in [6, 6.07) is 20.6. The van der Waals surface area contributed by atoms with Crippen molar-refractivity contribution in [2.75, 3.05) is 6.61 Å². The van der Waals surface area contributed by atoms with E-state index in [0.29, 0.717) is 74.7 Å². The zero-order valence-corrected chi connectivity index (χ0v) is 34.5. The molecule has 3 aromatic carbocycles. The third-order valence-electron chi connectivity index (χ3n) is 13.8. The fourth-order valence-electron chi connectivity index (χ4n) is 10.8. The SMILES string of the molecule is CCC1CC(S(=O)(=O)O)C2C=C3CC(CC4CC(CO)CC#Cc5cc(O)ccc5C3O4)C2c2ccc(cc2)C(CCC2(O)CCCC2)(N=C(N)N)Oc2ccc1cc2. The summed E-state index contributed by atoms with van der Waals surface area (Å²) in [5.41, 5.74) is 14.9. The van der Waals surface area contributed by atoms with Gasteiger partial charge in [0.25, 0.3) is 10.1 Å². The minimum Gasteiger partial charge on any atom is -0.508 e. The second-order valence-electron chi connectivity index (χ2n) is 17.7. The predicted octanol–water partition coefficient (Wildman–Crippen LogP) is 7.07. The maximum atomic E-state index is 13.9. The van der Waals surface area contributed by atoms with E-state index in [1.54, 1.807) is 12.1 Å². The zero-order chi connectivity index (χ0) is 41.5. The van der Waals surface area contributed by atoms with Crippen molar-refractivity contribution in [3.63, 3.8) is 0 Å². The van der Waals surface area contributed by atoms with Gasteiger partial charge in [0.2, 0.25) is 5.72 Å². The van der Waals surface area contributed by atoms with Crippen molar-refractivity contribution in [3.8, 4) is 23.3 Å². The first-order valence-electron chi connectivity index (χ1n) is 21.2. The highest BCUT2D eigenvalue weighted by atomic mass is 32.2. The molecule has 0 spiro atoms. The van der Waals surface area contributed by atoms with Crippen LogP contribution in [0.1, 0.15) is 130 Å². The van der Waals surface area contributed by atoms with Gasteiger partial charge in [-0.1, -0.05) is 80.1 Å². The van der Waals surface area contributed by atoms with E-state index in [4.69, 9.17) is 25.9 Å². The lowest BCUT2D eigenvalue weighted by atomic mass is 9.65. The van der Waals surface area contributed by atoms with Crippen molar-refractivity contribution in [2.45, 2.75) is 125 Å². The zero-order valence-electron chi connectivity index (χ0n) is 33.7. The maximum Gasteiger partial charge on any atom is 0.268 e. The molecule has 0 radical (unpaired) electrons. The van der Waals surface area contributed by atoms with Gasteiger partial charge in [-0.2, -0.15) is 8.42 Å². The second-order valence-corrected chi connectivity index (χ2v) is 19.3. The van der Waals surface area contributed by atoms with Crippen molar-refractivity contribution < 1.29 is 37.8 Å². The molecule has 314 valence electrons. The lowest BCUT2D eigenvalue weighted by molar-refractivity contribution is -0.0131. The number of fused-ring (bicyclic) bond motifs is 7. The second kappa shape index (κ2) is 16.6. The van der Waals surface area contributed by atoms with Crippen molar-refractivity contribution in [1.82, 2.24) is 0 Å². The van der Waals surface area contributed by atoms with Crippen LogP contribution in [-0.4, -0.2) is 57.8 Å². The van der Waals surface area contributed by atoms with Gasteiger partial charge >= 0.3 is 0 Å². The van der Waals surface area contributed by atoms with Crippen LogP contribution in [0.3, 0.4) is 0 Å². The molecule has 12 heteroatoms. The summed E-state index contributed by atoms with van der Waals surface area (Å²) in [6.07, 6.45) is 8.21. The summed E-state index contributed by atoms with van der Waals surface area (Å²) in [7, 11) is -4.61. The number of allylic oxidation sites excluding steroid dienone is 1. The fourth-order valence-corrected chi connectivity index (χ4v) is 12.0. The molecule has 2 aliphatic carbocycles. The molecule has 0 amide bonds. The molecule has 8 N–H and O–H groups in total. The Morgan fingerprint density at radius 1 is 0.966 bits per heavy atom. The summed E-state index contributed by atoms with van der Waals surface area (Å²) in [4.78, 5) is 4.78. The van der Waals surface area contributed by atoms with Crippen LogP contribution in [0.4, 0.5) is 0 Å². The first-order valence-corrected chi connectivity index (χ1v) is 22.7. The van der Waals surface area contributed by atoms with E-state index in [2.05, 4.69) is 11.8 Å². The molecule has 8 aliphatic rings. The van der Waals surface area contributed by atoms with Crippen LogP contribution >= 0.6 is 0 Å². The van der Waals surface area contributed by atoms with Gasteiger partial charge in [-0.15, -0.1) is 0 Å².